The van der Waals surface area contributed by atoms with Crippen LogP contribution in [0.2, 0.25) is 0 Å². The number of nitrogens with zero attached hydrogens (tertiary/aromatic N) is 1. The van der Waals surface area contributed by atoms with Crippen LogP contribution in [0.5, 0.6) is 0 Å². The van der Waals surface area contributed by atoms with Crippen LogP contribution in [0.1, 0.15) is 46.0 Å². The van der Waals surface area contributed by atoms with Crippen LogP contribution < -0.4 is 0 Å². The number of aliphatic hydroxyl groups excluding tert-OH is 1. The molecule has 0 heterocycles. The molecule has 0 aromatic heterocycles. The molecule has 14 heavy (non-hydrogen) atoms. The lowest BCUT2D eigenvalue weighted by Gasteiger charge is -2.44. The fourth-order valence-electron chi connectivity index (χ4n) is 2.77. The Kier molecular flexibility index (Phi) is 4.39. The SMILES string of the molecule is CN(CCCO)C1CCCCC1(C)C. The summed E-state index contributed by atoms with van der Waals surface area (Å²) in [5.74, 6) is 0. The van der Waals surface area contributed by atoms with Gasteiger partial charge in [-0.1, -0.05) is 26.7 Å². The van der Waals surface area contributed by atoms with E-state index in [1.54, 1.807) is 0 Å². The first-order valence-electron chi connectivity index (χ1n) is 5.89. The van der Waals surface area contributed by atoms with E-state index in [4.69, 9.17) is 5.11 Å². The molecule has 1 rings (SSSR count). The van der Waals surface area contributed by atoms with Gasteiger partial charge in [0.25, 0.3) is 0 Å². The van der Waals surface area contributed by atoms with Crippen LogP contribution in [0.4, 0.5) is 0 Å². The summed E-state index contributed by atoms with van der Waals surface area (Å²) in [5, 5.41) is 8.82. The first-order chi connectivity index (χ1) is 6.58. The molecule has 1 saturated carbocycles. The molecule has 0 aromatic carbocycles. The maximum Gasteiger partial charge on any atom is 0.0443 e. The van der Waals surface area contributed by atoms with E-state index in [-0.39, 0.29) is 0 Å². The van der Waals surface area contributed by atoms with Crippen molar-refractivity contribution < 1.29 is 5.11 Å². The van der Waals surface area contributed by atoms with Gasteiger partial charge in [-0.3, -0.25) is 0 Å². The van der Waals surface area contributed by atoms with Crippen LogP contribution in [0.15, 0.2) is 0 Å². The van der Waals surface area contributed by atoms with Crippen LogP contribution in [-0.4, -0.2) is 36.2 Å². The molecule has 2 nitrogen and oxygen atoms in total. The average molecular weight is 199 g/mol. The summed E-state index contributed by atoms with van der Waals surface area (Å²) in [6, 6.07) is 0.711. The Hall–Kier alpha value is -0.0800. The second-order valence-corrected chi connectivity index (χ2v) is 5.31. The van der Waals surface area contributed by atoms with E-state index < -0.39 is 0 Å². The van der Waals surface area contributed by atoms with Gasteiger partial charge in [0.1, 0.15) is 0 Å². The van der Waals surface area contributed by atoms with Gasteiger partial charge in [0.15, 0.2) is 0 Å². The fourth-order valence-corrected chi connectivity index (χ4v) is 2.77. The molecule has 0 radical (unpaired) electrons. The zero-order valence-corrected chi connectivity index (χ0v) is 9.92. The largest absolute Gasteiger partial charge is 0.396 e. The van der Waals surface area contributed by atoms with Crippen molar-refractivity contribution in [2.24, 2.45) is 5.41 Å². The van der Waals surface area contributed by atoms with Crippen LogP contribution in [0.25, 0.3) is 0 Å². The van der Waals surface area contributed by atoms with E-state index in [9.17, 15) is 0 Å². The van der Waals surface area contributed by atoms with Gasteiger partial charge in [0.2, 0.25) is 0 Å². The fraction of sp³-hybridized carbons (Fsp3) is 1.00. The number of hydrogen-bond donors (Lipinski definition) is 1. The van der Waals surface area contributed by atoms with Gasteiger partial charge in [-0.2, -0.15) is 0 Å². The van der Waals surface area contributed by atoms with Gasteiger partial charge in [0, 0.05) is 19.2 Å². The van der Waals surface area contributed by atoms with Gasteiger partial charge < -0.3 is 10.0 Å². The topological polar surface area (TPSA) is 23.5 Å². The van der Waals surface area contributed by atoms with Gasteiger partial charge in [0.05, 0.1) is 0 Å². The van der Waals surface area contributed by atoms with E-state index >= 15 is 0 Å². The Morgan fingerprint density at radius 1 is 1.36 bits per heavy atom. The predicted octanol–water partition coefficient (Wildman–Crippen LogP) is 2.27. The van der Waals surface area contributed by atoms with E-state index in [0.717, 1.165) is 13.0 Å². The van der Waals surface area contributed by atoms with Gasteiger partial charge in [-0.15, -0.1) is 0 Å². The molecule has 1 aliphatic rings. The molecular formula is C12H25NO. The van der Waals surface area contributed by atoms with E-state index in [1.807, 2.05) is 0 Å². The molecular weight excluding hydrogens is 174 g/mol. The summed E-state index contributed by atoms with van der Waals surface area (Å²) in [5.41, 5.74) is 0.461. The standard InChI is InChI=1S/C12H25NO/c1-12(2)8-5-4-7-11(12)13(3)9-6-10-14/h11,14H,4-10H2,1-3H3. The highest BCUT2D eigenvalue weighted by atomic mass is 16.3. The molecule has 2 heteroatoms. The van der Waals surface area contributed by atoms with Crippen LogP contribution in [-0.2, 0) is 0 Å². The minimum Gasteiger partial charge on any atom is -0.396 e. The molecule has 0 saturated heterocycles. The smallest absolute Gasteiger partial charge is 0.0443 e. The maximum absolute atomic E-state index is 8.82. The first kappa shape index (κ1) is 12.0. The monoisotopic (exact) mass is 199 g/mol. The quantitative estimate of drug-likeness (QED) is 0.751. The van der Waals surface area contributed by atoms with Crippen molar-refractivity contribution in [3.63, 3.8) is 0 Å². The van der Waals surface area contributed by atoms with Crippen molar-refractivity contribution in [3.8, 4) is 0 Å². The van der Waals surface area contributed by atoms with Crippen molar-refractivity contribution in [1.29, 1.82) is 0 Å². The Bertz CT molecular complexity index is 168. The summed E-state index contributed by atoms with van der Waals surface area (Å²) in [6.45, 7) is 6.11. The van der Waals surface area contributed by atoms with Crippen molar-refractivity contribution in [3.05, 3.63) is 0 Å². The number of rotatable bonds is 4. The van der Waals surface area contributed by atoms with Crippen LogP contribution in [0.3, 0.4) is 0 Å². The van der Waals surface area contributed by atoms with E-state index in [1.165, 1.54) is 25.7 Å². The summed E-state index contributed by atoms with van der Waals surface area (Å²) < 4.78 is 0. The summed E-state index contributed by atoms with van der Waals surface area (Å²) in [7, 11) is 2.20. The first-order valence-corrected chi connectivity index (χ1v) is 5.89. The third kappa shape index (κ3) is 2.96. The van der Waals surface area contributed by atoms with Crippen LogP contribution >= 0.6 is 0 Å². The second-order valence-electron chi connectivity index (χ2n) is 5.31. The minimum absolute atomic E-state index is 0.317. The average Bonchev–Trinajstić information content (AvgIpc) is 2.13. The van der Waals surface area contributed by atoms with Crippen molar-refractivity contribution in [2.75, 3.05) is 20.2 Å². The minimum atomic E-state index is 0.317. The number of aliphatic hydroxyl groups is 1. The summed E-state index contributed by atoms with van der Waals surface area (Å²) >= 11 is 0. The molecule has 0 amide bonds. The third-order valence-corrected chi connectivity index (χ3v) is 3.65. The molecule has 1 atom stereocenters. The molecule has 0 bridgehead atoms. The van der Waals surface area contributed by atoms with E-state index in [2.05, 4.69) is 25.8 Å². The molecule has 0 aliphatic heterocycles. The van der Waals surface area contributed by atoms with Crippen LogP contribution in [0, 0.1) is 5.41 Å². The Morgan fingerprint density at radius 2 is 2.07 bits per heavy atom. The highest BCUT2D eigenvalue weighted by molar-refractivity contribution is 4.88. The lowest BCUT2D eigenvalue weighted by molar-refractivity contribution is 0.0636. The molecule has 1 unspecified atom stereocenters. The molecule has 0 aromatic rings. The Labute approximate surface area is 88.3 Å². The second kappa shape index (κ2) is 5.13. The third-order valence-electron chi connectivity index (χ3n) is 3.65. The lowest BCUT2D eigenvalue weighted by atomic mass is 9.72. The zero-order chi connectivity index (χ0) is 10.6. The van der Waals surface area contributed by atoms with Crippen molar-refractivity contribution >= 4 is 0 Å². The zero-order valence-electron chi connectivity index (χ0n) is 9.92. The van der Waals surface area contributed by atoms with Gasteiger partial charge in [-0.05, 0) is 31.7 Å². The Balaban J connectivity index is 2.46. The predicted molar refractivity (Wildman–Crippen MR) is 60.4 cm³/mol. The summed E-state index contributed by atoms with van der Waals surface area (Å²) in [6.07, 6.45) is 6.34. The van der Waals surface area contributed by atoms with E-state index in [0.29, 0.717) is 18.1 Å². The molecule has 1 aliphatic carbocycles. The molecule has 84 valence electrons. The molecule has 1 N–H and O–H groups in total. The van der Waals surface area contributed by atoms with Crippen molar-refractivity contribution in [1.82, 2.24) is 4.90 Å². The highest BCUT2D eigenvalue weighted by Gasteiger charge is 2.34. The highest BCUT2D eigenvalue weighted by Crippen LogP contribution is 2.38. The maximum atomic E-state index is 8.82. The lowest BCUT2D eigenvalue weighted by Crippen LogP contribution is -2.45. The van der Waals surface area contributed by atoms with Gasteiger partial charge in [-0.25, -0.2) is 0 Å². The van der Waals surface area contributed by atoms with Gasteiger partial charge >= 0.3 is 0 Å². The Morgan fingerprint density at radius 3 is 2.64 bits per heavy atom. The molecule has 1 fully saturated rings. The normalized spacial score (nSPS) is 26.8. The van der Waals surface area contributed by atoms with Crippen molar-refractivity contribution in [2.45, 2.75) is 52.0 Å². The molecule has 0 spiro atoms. The number of hydrogen-bond acceptors (Lipinski definition) is 2. The summed E-state index contributed by atoms with van der Waals surface area (Å²) in [4.78, 5) is 2.44.